The van der Waals surface area contributed by atoms with Crippen molar-refractivity contribution in [2.24, 2.45) is 5.10 Å². The van der Waals surface area contributed by atoms with Gasteiger partial charge in [0.1, 0.15) is 11.6 Å². The third kappa shape index (κ3) is 3.87. The molecule has 4 rings (SSSR count). The van der Waals surface area contributed by atoms with Crippen molar-refractivity contribution in [2.45, 2.75) is 25.4 Å². The summed E-state index contributed by atoms with van der Waals surface area (Å²) in [6.07, 6.45) is 4.16. The molecule has 0 N–H and O–H groups in total. The van der Waals surface area contributed by atoms with Crippen molar-refractivity contribution in [1.29, 1.82) is 0 Å². The molecule has 2 amide bonds. The van der Waals surface area contributed by atoms with Gasteiger partial charge in [-0.2, -0.15) is 5.10 Å². The third-order valence-electron chi connectivity index (χ3n) is 5.06. The number of nitrogens with zero attached hydrogens (tertiary/aromatic N) is 6. The van der Waals surface area contributed by atoms with Crippen molar-refractivity contribution < 1.29 is 18.0 Å². The van der Waals surface area contributed by atoms with E-state index in [1.165, 1.54) is 17.1 Å². The van der Waals surface area contributed by atoms with Gasteiger partial charge in [0, 0.05) is 44.4 Å². The fourth-order valence-corrected chi connectivity index (χ4v) is 3.67. The number of anilines is 1. The van der Waals surface area contributed by atoms with Crippen LogP contribution in [0.25, 0.3) is 0 Å². The van der Waals surface area contributed by atoms with E-state index in [4.69, 9.17) is 0 Å². The zero-order valence-corrected chi connectivity index (χ0v) is 15.7. The zero-order chi connectivity index (χ0) is 20.5. The van der Waals surface area contributed by atoms with E-state index in [2.05, 4.69) is 15.1 Å². The molecule has 0 radical (unpaired) electrons. The first-order valence-corrected chi connectivity index (χ1v) is 9.23. The molecule has 1 aromatic carbocycles. The number of carbonyl (C=O) groups excluding carboxylic acids is 1. The van der Waals surface area contributed by atoms with Crippen LogP contribution in [-0.4, -0.2) is 57.8 Å². The molecule has 3 heterocycles. The molecular weight excluding hydrogens is 385 g/mol. The topological polar surface area (TPSA) is 64.9 Å². The van der Waals surface area contributed by atoms with Crippen molar-refractivity contribution in [2.75, 3.05) is 24.5 Å². The lowest BCUT2D eigenvalue weighted by atomic mass is 10.0. The maximum absolute atomic E-state index is 13.6. The van der Waals surface area contributed by atoms with Gasteiger partial charge in [0.2, 0.25) is 5.95 Å². The second kappa shape index (κ2) is 7.69. The third-order valence-corrected chi connectivity index (χ3v) is 5.06. The summed E-state index contributed by atoms with van der Waals surface area (Å²) < 4.78 is 40.3. The van der Waals surface area contributed by atoms with E-state index in [0.29, 0.717) is 37.6 Å². The summed E-state index contributed by atoms with van der Waals surface area (Å²) in [6.45, 7) is 3.20. The largest absolute Gasteiger partial charge is 0.341 e. The SMILES string of the molecule is C[C@H]1CN(c2ncc(F)cn2)CCN1C(=O)N1N=CC[C@@H]1c1cc(F)cc(F)c1. The second-order valence-electron chi connectivity index (χ2n) is 7.07. The van der Waals surface area contributed by atoms with Gasteiger partial charge in [-0.25, -0.2) is 32.9 Å². The Bertz CT molecular complexity index is 918. The number of halogens is 3. The summed E-state index contributed by atoms with van der Waals surface area (Å²) in [5, 5.41) is 5.41. The average Bonchev–Trinajstić information content (AvgIpc) is 3.17. The smallest absolute Gasteiger partial charge is 0.337 e. The predicted molar refractivity (Wildman–Crippen MR) is 99.8 cm³/mol. The summed E-state index contributed by atoms with van der Waals surface area (Å²) in [5.74, 6) is -1.50. The van der Waals surface area contributed by atoms with E-state index < -0.39 is 23.5 Å². The van der Waals surface area contributed by atoms with E-state index >= 15 is 0 Å². The van der Waals surface area contributed by atoms with Crippen molar-refractivity contribution in [3.05, 3.63) is 53.6 Å². The Morgan fingerprint density at radius 2 is 1.72 bits per heavy atom. The van der Waals surface area contributed by atoms with Crippen LogP contribution in [0, 0.1) is 17.5 Å². The van der Waals surface area contributed by atoms with Gasteiger partial charge in [0.25, 0.3) is 0 Å². The van der Waals surface area contributed by atoms with Gasteiger partial charge >= 0.3 is 6.03 Å². The fraction of sp³-hybridized carbons (Fsp3) is 0.368. The van der Waals surface area contributed by atoms with E-state index in [1.54, 1.807) is 11.1 Å². The number of benzene rings is 1. The molecule has 1 saturated heterocycles. The van der Waals surface area contributed by atoms with Gasteiger partial charge in [-0.15, -0.1) is 0 Å². The number of urea groups is 1. The molecule has 0 aliphatic carbocycles. The van der Waals surface area contributed by atoms with Gasteiger partial charge in [0.15, 0.2) is 5.82 Å². The number of hydrogen-bond acceptors (Lipinski definition) is 5. The van der Waals surface area contributed by atoms with Crippen molar-refractivity contribution in [3.8, 4) is 0 Å². The van der Waals surface area contributed by atoms with Gasteiger partial charge in [-0.3, -0.25) is 0 Å². The molecule has 0 unspecified atom stereocenters. The molecule has 2 aliphatic rings. The zero-order valence-electron chi connectivity index (χ0n) is 15.7. The number of amides is 2. The van der Waals surface area contributed by atoms with Crippen LogP contribution in [0.3, 0.4) is 0 Å². The standard InChI is InChI=1S/C19H19F3N6O/c1-12-11-26(18-23-9-16(22)10-24-18)4-5-27(12)19(29)28-17(2-3-25-28)13-6-14(20)8-15(21)7-13/h3,6-10,12,17H,2,4-5,11H2,1H3/t12-,17+/m0/s1. The summed E-state index contributed by atoms with van der Waals surface area (Å²) >= 11 is 0. The van der Waals surface area contributed by atoms with Crippen LogP contribution in [-0.2, 0) is 0 Å². The molecule has 1 fully saturated rings. The molecule has 0 spiro atoms. The first-order chi connectivity index (χ1) is 13.9. The van der Waals surface area contributed by atoms with Gasteiger partial charge in [-0.05, 0) is 24.6 Å². The highest BCUT2D eigenvalue weighted by molar-refractivity contribution is 5.79. The van der Waals surface area contributed by atoms with Gasteiger partial charge < -0.3 is 9.80 Å². The van der Waals surface area contributed by atoms with Crippen LogP contribution in [0.5, 0.6) is 0 Å². The van der Waals surface area contributed by atoms with Crippen LogP contribution in [0.4, 0.5) is 23.9 Å². The van der Waals surface area contributed by atoms with Gasteiger partial charge in [-0.1, -0.05) is 0 Å². The van der Waals surface area contributed by atoms with E-state index in [1.807, 2.05) is 11.8 Å². The Hall–Kier alpha value is -3.17. The fourth-order valence-electron chi connectivity index (χ4n) is 3.67. The maximum atomic E-state index is 13.6. The molecule has 29 heavy (non-hydrogen) atoms. The highest BCUT2D eigenvalue weighted by atomic mass is 19.1. The second-order valence-corrected chi connectivity index (χ2v) is 7.07. The van der Waals surface area contributed by atoms with Gasteiger partial charge in [0.05, 0.1) is 18.4 Å². The monoisotopic (exact) mass is 404 g/mol. The molecule has 1 aromatic heterocycles. The van der Waals surface area contributed by atoms with Crippen molar-refractivity contribution in [3.63, 3.8) is 0 Å². The van der Waals surface area contributed by atoms with Crippen LogP contribution in [0.2, 0.25) is 0 Å². The Balaban J connectivity index is 1.47. The quantitative estimate of drug-likeness (QED) is 0.772. The number of hydrogen-bond donors (Lipinski definition) is 0. The molecule has 0 saturated carbocycles. The molecule has 152 valence electrons. The molecule has 0 bridgehead atoms. The van der Waals surface area contributed by atoms with Crippen LogP contribution in [0.1, 0.15) is 24.9 Å². The number of hydrazone groups is 1. The molecule has 10 heteroatoms. The highest BCUT2D eigenvalue weighted by Crippen LogP contribution is 2.31. The average molecular weight is 404 g/mol. The summed E-state index contributed by atoms with van der Waals surface area (Å²) in [4.78, 5) is 24.6. The molecular formula is C19H19F3N6O. The summed E-state index contributed by atoms with van der Waals surface area (Å²) in [7, 11) is 0. The summed E-state index contributed by atoms with van der Waals surface area (Å²) in [5.41, 5.74) is 0.361. The van der Waals surface area contributed by atoms with Crippen LogP contribution < -0.4 is 4.90 Å². The lowest BCUT2D eigenvalue weighted by Crippen LogP contribution is -2.57. The minimum Gasteiger partial charge on any atom is -0.337 e. The number of aromatic nitrogens is 2. The number of rotatable bonds is 2. The first-order valence-electron chi connectivity index (χ1n) is 9.23. The Kier molecular flexibility index (Phi) is 5.08. The Labute approximate surface area is 165 Å². The van der Waals surface area contributed by atoms with E-state index in [0.717, 1.165) is 18.5 Å². The Morgan fingerprint density at radius 1 is 1.03 bits per heavy atom. The normalized spacial score (nSPS) is 21.7. The molecule has 2 aromatic rings. The van der Waals surface area contributed by atoms with E-state index in [-0.39, 0.29) is 12.1 Å². The molecule has 2 aliphatic heterocycles. The van der Waals surface area contributed by atoms with Crippen molar-refractivity contribution >= 4 is 18.2 Å². The van der Waals surface area contributed by atoms with Crippen LogP contribution >= 0.6 is 0 Å². The minimum absolute atomic E-state index is 0.189. The summed E-state index contributed by atoms with van der Waals surface area (Å²) in [6, 6.07) is 2.15. The minimum atomic E-state index is -0.694. The van der Waals surface area contributed by atoms with Crippen molar-refractivity contribution in [1.82, 2.24) is 19.9 Å². The predicted octanol–water partition coefficient (Wildman–Crippen LogP) is 2.96. The lowest BCUT2D eigenvalue weighted by molar-refractivity contribution is 0.121. The molecule has 2 atom stereocenters. The Morgan fingerprint density at radius 3 is 2.38 bits per heavy atom. The lowest BCUT2D eigenvalue weighted by Gasteiger charge is -2.41. The van der Waals surface area contributed by atoms with E-state index in [9.17, 15) is 18.0 Å². The molecule has 7 nitrogen and oxygen atoms in total. The number of piperazine rings is 1. The number of carbonyl (C=O) groups is 1. The maximum Gasteiger partial charge on any atom is 0.341 e. The highest BCUT2D eigenvalue weighted by Gasteiger charge is 2.36. The van der Waals surface area contributed by atoms with Crippen LogP contribution in [0.15, 0.2) is 35.7 Å². The first kappa shape index (κ1) is 19.2.